The van der Waals surface area contributed by atoms with Crippen LogP contribution in [0.3, 0.4) is 0 Å². The Kier molecular flexibility index (Phi) is 11.1. The second-order valence-electron chi connectivity index (χ2n) is 7.00. The molecule has 30 heavy (non-hydrogen) atoms. The fraction of sp³-hybridized carbons (Fsp3) is 0.500. The lowest BCUT2D eigenvalue weighted by atomic mass is 10.1. The Labute approximate surface area is 201 Å². The van der Waals surface area contributed by atoms with Crippen molar-refractivity contribution in [1.82, 2.24) is 10.6 Å². The Morgan fingerprint density at radius 2 is 1.90 bits per heavy atom. The van der Waals surface area contributed by atoms with Crippen molar-refractivity contribution in [1.29, 1.82) is 0 Å². The first kappa shape index (κ1) is 24.6. The Morgan fingerprint density at radius 1 is 1.17 bits per heavy atom. The van der Waals surface area contributed by atoms with Crippen LogP contribution >= 0.6 is 35.3 Å². The van der Waals surface area contributed by atoms with Gasteiger partial charge in [0.15, 0.2) is 5.96 Å². The number of methoxy groups -OCH3 is 1. The highest BCUT2D eigenvalue weighted by atomic mass is 127. The molecule has 2 heterocycles. The van der Waals surface area contributed by atoms with Gasteiger partial charge >= 0.3 is 0 Å². The maximum Gasteiger partial charge on any atom is 0.191 e. The number of rotatable bonds is 9. The Bertz CT molecular complexity index is 732. The SMILES string of the molecule is CCNC(=NCCCOc1ccc(OC)cc1)NC1CCN(c2cccs2)CC1.I. The molecule has 0 bridgehead atoms. The number of aliphatic imine (C=N–C) groups is 1. The number of ether oxygens (including phenoxy) is 2. The minimum absolute atomic E-state index is 0. The Morgan fingerprint density at radius 3 is 2.53 bits per heavy atom. The molecule has 1 aliphatic rings. The molecule has 1 fully saturated rings. The predicted octanol–water partition coefficient (Wildman–Crippen LogP) is 4.37. The molecule has 0 atom stereocenters. The first-order chi connectivity index (χ1) is 14.3. The second kappa shape index (κ2) is 13.6. The van der Waals surface area contributed by atoms with Gasteiger partial charge < -0.3 is 25.0 Å². The number of hydrogen-bond acceptors (Lipinski definition) is 5. The monoisotopic (exact) mass is 544 g/mol. The second-order valence-corrected chi connectivity index (χ2v) is 7.92. The molecule has 1 saturated heterocycles. The zero-order chi connectivity index (χ0) is 20.3. The summed E-state index contributed by atoms with van der Waals surface area (Å²) in [5.41, 5.74) is 0. The van der Waals surface area contributed by atoms with E-state index in [4.69, 9.17) is 14.5 Å². The molecule has 0 unspecified atom stereocenters. The molecule has 6 nitrogen and oxygen atoms in total. The van der Waals surface area contributed by atoms with Crippen LogP contribution in [0.2, 0.25) is 0 Å². The third kappa shape index (κ3) is 7.86. The molecule has 3 rings (SSSR count). The van der Waals surface area contributed by atoms with Crippen molar-refractivity contribution >= 4 is 46.3 Å². The molecule has 1 aliphatic heterocycles. The lowest BCUT2D eigenvalue weighted by Crippen LogP contribution is -2.48. The normalized spacial score (nSPS) is 14.7. The number of benzene rings is 1. The maximum atomic E-state index is 5.77. The topological polar surface area (TPSA) is 58.1 Å². The van der Waals surface area contributed by atoms with Gasteiger partial charge in [0.05, 0.1) is 18.7 Å². The number of piperidine rings is 1. The summed E-state index contributed by atoms with van der Waals surface area (Å²) in [5.74, 6) is 2.60. The molecule has 0 amide bonds. The summed E-state index contributed by atoms with van der Waals surface area (Å²) >= 11 is 1.82. The number of nitrogens with zero attached hydrogens (tertiary/aromatic N) is 2. The summed E-state index contributed by atoms with van der Waals surface area (Å²) in [4.78, 5) is 7.19. The predicted molar refractivity (Wildman–Crippen MR) is 137 cm³/mol. The highest BCUT2D eigenvalue weighted by Crippen LogP contribution is 2.24. The first-order valence-corrected chi connectivity index (χ1v) is 11.3. The van der Waals surface area contributed by atoms with Crippen LogP contribution in [0.1, 0.15) is 26.2 Å². The maximum absolute atomic E-state index is 5.77. The van der Waals surface area contributed by atoms with E-state index in [1.165, 1.54) is 5.00 Å². The van der Waals surface area contributed by atoms with Crippen LogP contribution in [-0.2, 0) is 0 Å². The number of guanidine groups is 1. The van der Waals surface area contributed by atoms with Crippen molar-refractivity contribution in [3.8, 4) is 11.5 Å². The first-order valence-electron chi connectivity index (χ1n) is 10.4. The van der Waals surface area contributed by atoms with Crippen LogP contribution in [0.4, 0.5) is 5.00 Å². The van der Waals surface area contributed by atoms with Crippen molar-refractivity contribution in [2.24, 2.45) is 4.99 Å². The van der Waals surface area contributed by atoms with Crippen molar-refractivity contribution in [2.45, 2.75) is 32.2 Å². The number of hydrogen-bond donors (Lipinski definition) is 2. The van der Waals surface area contributed by atoms with Crippen LogP contribution < -0.4 is 25.0 Å². The highest BCUT2D eigenvalue weighted by molar-refractivity contribution is 14.0. The lowest BCUT2D eigenvalue weighted by Gasteiger charge is -2.33. The van der Waals surface area contributed by atoms with Gasteiger partial charge in [-0.15, -0.1) is 35.3 Å². The van der Waals surface area contributed by atoms with Crippen LogP contribution in [0.5, 0.6) is 11.5 Å². The van der Waals surface area contributed by atoms with E-state index in [0.717, 1.165) is 62.9 Å². The van der Waals surface area contributed by atoms with Crippen LogP contribution in [0.25, 0.3) is 0 Å². The summed E-state index contributed by atoms with van der Waals surface area (Å²) in [6, 6.07) is 12.5. The van der Waals surface area contributed by atoms with Gasteiger partial charge in [-0.3, -0.25) is 4.99 Å². The summed E-state index contributed by atoms with van der Waals surface area (Å²) in [6.07, 6.45) is 3.13. The molecule has 8 heteroatoms. The summed E-state index contributed by atoms with van der Waals surface area (Å²) in [7, 11) is 1.66. The zero-order valence-electron chi connectivity index (χ0n) is 17.8. The molecule has 0 spiro atoms. The van der Waals surface area contributed by atoms with E-state index in [2.05, 4.69) is 40.0 Å². The Hall–Kier alpha value is -1.68. The molecule has 2 aromatic rings. The average molecular weight is 545 g/mol. The van der Waals surface area contributed by atoms with E-state index in [-0.39, 0.29) is 24.0 Å². The minimum Gasteiger partial charge on any atom is -0.497 e. The van der Waals surface area contributed by atoms with Gasteiger partial charge in [0.25, 0.3) is 0 Å². The van der Waals surface area contributed by atoms with Crippen LogP contribution in [0, 0.1) is 0 Å². The van der Waals surface area contributed by atoms with Crippen molar-refractivity contribution in [3.63, 3.8) is 0 Å². The Balaban J connectivity index is 0.00000320. The molecular weight excluding hydrogens is 511 g/mol. The standard InChI is InChI=1S/C22H32N4O2S.HI/c1-3-23-22(24-13-5-16-28-20-9-7-19(27-2)8-10-20)25-18-11-14-26(15-12-18)21-6-4-17-29-21;/h4,6-10,17-18H,3,5,11-16H2,1-2H3,(H2,23,24,25);1H. The van der Waals surface area contributed by atoms with Gasteiger partial charge in [-0.05, 0) is 61.5 Å². The number of nitrogens with one attached hydrogen (secondary N) is 2. The number of halogens is 1. The molecule has 2 N–H and O–H groups in total. The van der Waals surface area contributed by atoms with E-state index < -0.39 is 0 Å². The van der Waals surface area contributed by atoms with Gasteiger partial charge in [-0.2, -0.15) is 0 Å². The molecular formula is C22H33IN4O2S. The zero-order valence-corrected chi connectivity index (χ0v) is 20.9. The average Bonchev–Trinajstić information content (AvgIpc) is 3.29. The molecule has 166 valence electrons. The number of anilines is 1. The van der Waals surface area contributed by atoms with Gasteiger partial charge in [-0.1, -0.05) is 0 Å². The van der Waals surface area contributed by atoms with Crippen molar-refractivity contribution in [2.75, 3.05) is 44.8 Å². The lowest BCUT2D eigenvalue weighted by molar-refractivity contribution is 0.312. The number of thiophene rings is 1. The fourth-order valence-corrected chi connectivity index (χ4v) is 4.11. The summed E-state index contributed by atoms with van der Waals surface area (Å²) in [5, 5.41) is 10.5. The van der Waals surface area contributed by atoms with E-state index in [1.54, 1.807) is 7.11 Å². The third-order valence-corrected chi connectivity index (χ3v) is 5.83. The van der Waals surface area contributed by atoms with E-state index >= 15 is 0 Å². The van der Waals surface area contributed by atoms with Gasteiger partial charge in [0.2, 0.25) is 0 Å². The van der Waals surface area contributed by atoms with Crippen molar-refractivity contribution in [3.05, 3.63) is 41.8 Å². The third-order valence-electron chi connectivity index (χ3n) is 4.90. The van der Waals surface area contributed by atoms with Gasteiger partial charge in [0.1, 0.15) is 11.5 Å². The van der Waals surface area contributed by atoms with E-state index in [1.807, 2.05) is 35.6 Å². The quantitative estimate of drug-likeness (QED) is 0.213. The van der Waals surface area contributed by atoms with Crippen LogP contribution in [0.15, 0.2) is 46.8 Å². The molecule has 0 radical (unpaired) electrons. The highest BCUT2D eigenvalue weighted by Gasteiger charge is 2.20. The fourth-order valence-electron chi connectivity index (χ4n) is 3.32. The smallest absolute Gasteiger partial charge is 0.191 e. The van der Waals surface area contributed by atoms with Crippen molar-refractivity contribution < 1.29 is 9.47 Å². The van der Waals surface area contributed by atoms with Crippen LogP contribution in [-0.4, -0.2) is 51.9 Å². The summed E-state index contributed by atoms with van der Waals surface area (Å²) in [6.45, 7) is 6.53. The molecule has 0 aliphatic carbocycles. The van der Waals surface area contributed by atoms with Gasteiger partial charge in [0, 0.05) is 38.6 Å². The summed E-state index contributed by atoms with van der Waals surface area (Å²) < 4.78 is 10.9. The van der Waals surface area contributed by atoms with Gasteiger partial charge in [-0.25, -0.2) is 0 Å². The molecule has 1 aromatic heterocycles. The van der Waals surface area contributed by atoms with E-state index in [9.17, 15) is 0 Å². The molecule has 0 saturated carbocycles. The molecule has 1 aromatic carbocycles. The minimum atomic E-state index is 0. The van der Waals surface area contributed by atoms with E-state index in [0.29, 0.717) is 12.6 Å². The largest absolute Gasteiger partial charge is 0.497 e.